The molecule has 0 unspecified atom stereocenters. The molecular formula is C20H21N3O5S. The molecule has 152 valence electrons. The highest BCUT2D eigenvalue weighted by atomic mass is 32.1. The van der Waals surface area contributed by atoms with E-state index in [4.69, 9.17) is 13.9 Å². The first-order chi connectivity index (χ1) is 14.1. The minimum absolute atomic E-state index is 0.139. The molecule has 0 aliphatic carbocycles. The number of nitrogens with zero attached hydrogens (tertiary/aromatic N) is 2. The Balaban J connectivity index is 1.46. The molecular weight excluding hydrogens is 394 g/mol. The molecule has 1 aliphatic heterocycles. The van der Waals surface area contributed by atoms with E-state index in [1.807, 2.05) is 6.07 Å². The molecule has 9 heteroatoms. The van der Waals surface area contributed by atoms with Crippen LogP contribution in [0.25, 0.3) is 10.2 Å². The maximum atomic E-state index is 12.8. The average Bonchev–Trinajstić information content (AvgIpc) is 3.41. The van der Waals surface area contributed by atoms with Crippen LogP contribution in [0, 0.1) is 5.92 Å². The van der Waals surface area contributed by atoms with E-state index in [1.54, 1.807) is 37.3 Å². The summed E-state index contributed by atoms with van der Waals surface area (Å²) < 4.78 is 16.7. The van der Waals surface area contributed by atoms with Gasteiger partial charge in [-0.1, -0.05) is 11.3 Å². The highest BCUT2D eigenvalue weighted by Gasteiger charge is 2.30. The van der Waals surface area contributed by atoms with Gasteiger partial charge in [0.15, 0.2) is 22.4 Å². The lowest BCUT2D eigenvalue weighted by atomic mass is 9.97. The highest BCUT2D eigenvalue weighted by molar-refractivity contribution is 7.22. The topological polar surface area (TPSA) is 93.9 Å². The summed E-state index contributed by atoms with van der Waals surface area (Å²) >= 11 is 1.37. The van der Waals surface area contributed by atoms with Crippen LogP contribution >= 0.6 is 11.3 Å². The molecule has 1 aliphatic rings. The van der Waals surface area contributed by atoms with Crippen molar-refractivity contribution in [1.29, 1.82) is 0 Å². The van der Waals surface area contributed by atoms with E-state index in [1.165, 1.54) is 17.6 Å². The molecule has 1 atom stereocenters. The number of nitrogens with one attached hydrogen (secondary N) is 1. The van der Waals surface area contributed by atoms with E-state index in [0.29, 0.717) is 35.5 Å². The Hall–Kier alpha value is -3.07. The summed E-state index contributed by atoms with van der Waals surface area (Å²) in [6.45, 7) is 0.974. The van der Waals surface area contributed by atoms with Gasteiger partial charge in [0, 0.05) is 25.2 Å². The predicted molar refractivity (Wildman–Crippen MR) is 109 cm³/mol. The van der Waals surface area contributed by atoms with Gasteiger partial charge < -0.3 is 24.1 Å². The Kier molecular flexibility index (Phi) is 5.39. The first kappa shape index (κ1) is 19.3. The van der Waals surface area contributed by atoms with Gasteiger partial charge >= 0.3 is 0 Å². The van der Waals surface area contributed by atoms with Gasteiger partial charge in [0.1, 0.15) is 0 Å². The van der Waals surface area contributed by atoms with Crippen molar-refractivity contribution in [2.24, 2.45) is 5.92 Å². The smallest absolute Gasteiger partial charge is 0.289 e. The van der Waals surface area contributed by atoms with Gasteiger partial charge in [0.25, 0.3) is 5.91 Å². The van der Waals surface area contributed by atoms with Crippen LogP contribution < -0.4 is 14.8 Å². The number of amides is 2. The number of benzene rings is 1. The number of methoxy groups -OCH3 is 2. The zero-order chi connectivity index (χ0) is 20.4. The average molecular weight is 415 g/mol. The van der Waals surface area contributed by atoms with Crippen molar-refractivity contribution in [2.75, 3.05) is 32.6 Å². The van der Waals surface area contributed by atoms with Crippen molar-refractivity contribution >= 4 is 38.5 Å². The van der Waals surface area contributed by atoms with Crippen molar-refractivity contribution < 1.29 is 23.5 Å². The SMILES string of the molecule is COc1cc2nc(NC(=O)[C@H]3CCCN(C(=O)c4ccco4)C3)sc2cc1OC. The summed E-state index contributed by atoms with van der Waals surface area (Å²) in [7, 11) is 3.14. The molecule has 3 heterocycles. The fraction of sp³-hybridized carbons (Fsp3) is 0.350. The molecule has 4 rings (SSSR count). The molecule has 1 saturated heterocycles. The first-order valence-corrected chi connectivity index (χ1v) is 10.1. The van der Waals surface area contributed by atoms with Crippen molar-refractivity contribution in [3.8, 4) is 11.5 Å². The zero-order valence-electron chi connectivity index (χ0n) is 16.1. The van der Waals surface area contributed by atoms with Crippen LogP contribution in [0.4, 0.5) is 5.13 Å². The number of anilines is 1. The largest absolute Gasteiger partial charge is 0.493 e. The first-order valence-electron chi connectivity index (χ1n) is 9.25. The molecule has 8 nitrogen and oxygen atoms in total. The van der Waals surface area contributed by atoms with Crippen LogP contribution in [0.1, 0.15) is 23.4 Å². The Labute approximate surface area is 171 Å². The molecule has 2 amide bonds. The van der Waals surface area contributed by atoms with Crippen LogP contribution in [0.15, 0.2) is 34.9 Å². The number of rotatable bonds is 5. The molecule has 29 heavy (non-hydrogen) atoms. The van der Waals surface area contributed by atoms with Gasteiger partial charge in [-0.25, -0.2) is 4.98 Å². The summed E-state index contributed by atoms with van der Waals surface area (Å²) in [4.78, 5) is 31.4. The van der Waals surface area contributed by atoms with Crippen molar-refractivity contribution in [1.82, 2.24) is 9.88 Å². The maximum Gasteiger partial charge on any atom is 0.289 e. The van der Waals surface area contributed by atoms with E-state index < -0.39 is 0 Å². The number of hydrogen-bond acceptors (Lipinski definition) is 7. The van der Waals surface area contributed by atoms with E-state index >= 15 is 0 Å². The van der Waals surface area contributed by atoms with E-state index in [-0.39, 0.29) is 17.7 Å². The summed E-state index contributed by atoms with van der Waals surface area (Å²) in [5.74, 6) is 0.869. The fourth-order valence-corrected chi connectivity index (χ4v) is 4.33. The van der Waals surface area contributed by atoms with Crippen LogP contribution in [-0.2, 0) is 4.79 Å². The quantitative estimate of drug-likeness (QED) is 0.686. The van der Waals surface area contributed by atoms with Gasteiger partial charge in [-0.2, -0.15) is 0 Å². The second kappa shape index (κ2) is 8.12. The predicted octanol–water partition coefficient (Wildman–Crippen LogP) is 3.40. The molecule has 0 spiro atoms. The van der Waals surface area contributed by atoms with Gasteiger partial charge in [0.05, 0.1) is 36.6 Å². The highest BCUT2D eigenvalue weighted by Crippen LogP contribution is 2.36. The third kappa shape index (κ3) is 3.91. The lowest BCUT2D eigenvalue weighted by molar-refractivity contribution is -0.121. The monoisotopic (exact) mass is 415 g/mol. The Morgan fingerprint density at radius 2 is 2.07 bits per heavy atom. The lowest BCUT2D eigenvalue weighted by Crippen LogP contribution is -2.43. The van der Waals surface area contributed by atoms with Gasteiger partial charge in [-0.15, -0.1) is 0 Å². The number of hydrogen-bond donors (Lipinski definition) is 1. The molecule has 1 aromatic carbocycles. The van der Waals surface area contributed by atoms with E-state index in [0.717, 1.165) is 23.1 Å². The number of likely N-dealkylation sites (tertiary alicyclic amines) is 1. The number of thiazole rings is 1. The molecule has 0 bridgehead atoms. The van der Waals surface area contributed by atoms with Gasteiger partial charge in [0.2, 0.25) is 5.91 Å². The molecule has 3 aromatic rings. The second-order valence-corrected chi connectivity index (χ2v) is 7.78. The number of furan rings is 1. The van der Waals surface area contributed by atoms with Crippen LogP contribution in [0.3, 0.4) is 0 Å². The number of piperidine rings is 1. The second-order valence-electron chi connectivity index (χ2n) is 6.75. The van der Waals surface area contributed by atoms with Crippen molar-refractivity contribution in [2.45, 2.75) is 12.8 Å². The Morgan fingerprint density at radius 1 is 1.28 bits per heavy atom. The number of ether oxygens (including phenoxy) is 2. The third-order valence-electron chi connectivity index (χ3n) is 4.94. The third-order valence-corrected chi connectivity index (χ3v) is 5.87. The summed E-state index contributed by atoms with van der Waals surface area (Å²) in [6.07, 6.45) is 2.96. The normalized spacial score (nSPS) is 16.6. The van der Waals surface area contributed by atoms with Crippen LogP contribution in [0.2, 0.25) is 0 Å². The molecule has 0 saturated carbocycles. The summed E-state index contributed by atoms with van der Waals surface area (Å²) in [6, 6.07) is 6.94. The minimum atomic E-state index is -0.293. The number of carbonyl (C=O) groups excluding carboxylic acids is 2. The molecule has 1 fully saturated rings. The zero-order valence-corrected chi connectivity index (χ0v) is 17.0. The molecule has 2 aromatic heterocycles. The van der Waals surface area contributed by atoms with Gasteiger partial charge in [-0.3, -0.25) is 9.59 Å². The number of fused-ring (bicyclic) bond motifs is 1. The maximum absolute atomic E-state index is 12.8. The Bertz CT molecular complexity index is 989. The number of aromatic nitrogens is 1. The lowest BCUT2D eigenvalue weighted by Gasteiger charge is -2.31. The van der Waals surface area contributed by atoms with E-state index in [2.05, 4.69) is 10.3 Å². The Morgan fingerprint density at radius 3 is 2.79 bits per heavy atom. The minimum Gasteiger partial charge on any atom is -0.493 e. The summed E-state index contributed by atoms with van der Waals surface area (Å²) in [5, 5.41) is 3.40. The van der Waals surface area contributed by atoms with Crippen molar-refractivity contribution in [3.05, 3.63) is 36.3 Å². The van der Waals surface area contributed by atoms with Crippen LogP contribution in [0.5, 0.6) is 11.5 Å². The fourth-order valence-electron chi connectivity index (χ4n) is 3.45. The van der Waals surface area contributed by atoms with Gasteiger partial charge in [-0.05, 0) is 25.0 Å². The molecule has 1 N–H and O–H groups in total. The van der Waals surface area contributed by atoms with Crippen molar-refractivity contribution in [3.63, 3.8) is 0 Å². The van der Waals surface area contributed by atoms with Crippen LogP contribution in [-0.4, -0.2) is 49.0 Å². The number of carbonyl (C=O) groups is 2. The molecule has 0 radical (unpaired) electrons. The van der Waals surface area contributed by atoms with E-state index in [9.17, 15) is 9.59 Å². The summed E-state index contributed by atoms with van der Waals surface area (Å²) in [5.41, 5.74) is 0.723. The standard InChI is InChI=1S/C20H21N3O5S/c1-26-15-9-13-17(10-16(15)27-2)29-20(21-13)22-18(24)12-5-3-7-23(11-12)19(25)14-6-4-8-28-14/h4,6,8-10,12H,3,5,7,11H2,1-2H3,(H,21,22,24)/t12-/m0/s1.